The number of rotatable bonds is 4. The SMILES string of the molecule is CCCC(O)(CO)C(O)(S)S. The van der Waals surface area contributed by atoms with Crippen LogP contribution >= 0.6 is 25.3 Å². The highest BCUT2D eigenvalue weighted by molar-refractivity contribution is 8.00. The van der Waals surface area contributed by atoms with Crippen molar-refractivity contribution >= 4 is 25.3 Å². The maximum atomic E-state index is 9.50. The van der Waals surface area contributed by atoms with E-state index >= 15 is 0 Å². The molecule has 3 nitrogen and oxygen atoms in total. The van der Waals surface area contributed by atoms with Crippen LogP contribution in [0.3, 0.4) is 0 Å². The first-order valence-corrected chi connectivity index (χ1v) is 4.27. The topological polar surface area (TPSA) is 60.7 Å². The van der Waals surface area contributed by atoms with E-state index in [0.717, 1.165) is 0 Å². The molecule has 0 aromatic heterocycles. The van der Waals surface area contributed by atoms with Gasteiger partial charge in [0.1, 0.15) is 5.60 Å². The van der Waals surface area contributed by atoms with Gasteiger partial charge in [0.25, 0.3) is 0 Å². The van der Waals surface area contributed by atoms with Gasteiger partial charge in [-0.05, 0) is 6.42 Å². The summed E-state index contributed by atoms with van der Waals surface area (Å²) in [7, 11) is 0. The molecular formula is C6H14O3S2. The van der Waals surface area contributed by atoms with Crippen LogP contribution in [0.1, 0.15) is 19.8 Å². The molecule has 3 N–H and O–H groups in total. The Hall–Kier alpha value is 0.580. The van der Waals surface area contributed by atoms with Crippen molar-refractivity contribution in [3.63, 3.8) is 0 Å². The standard InChI is InChI=1S/C6H14O3S2/c1-2-3-5(8,4-7)6(9,10)11/h7-11H,2-4H2,1H3. The quantitative estimate of drug-likeness (QED) is 0.327. The van der Waals surface area contributed by atoms with Crippen molar-refractivity contribution in [3.8, 4) is 0 Å². The molecule has 0 saturated carbocycles. The van der Waals surface area contributed by atoms with Gasteiger partial charge < -0.3 is 15.3 Å². The summed E-state index contributed by atoms with van der Waals surface area (Å²) in [6.07, 6.45) is 0.896. The highest BCUT2D eigenvalue weighted by Crippen LogP contribution is 2.33. The molecule has 0 heterocycles. The lowest BCUT2D eigenvalue weighted by Gasteiger charge is -2.35. The predicted molar refractivity (Wildman–Crippen MR) is 49.9 cm³/mol. The van der Waals surface area contributed by atoms with Crippen LogP contribution in [0.2, 0.25) is 0 Å². The van der Waals surface area contributed by atoms with Crippen molar-refractivity contribution in [1.29, 1.82) is 0 Å². The molecule has 1 unspecified atom stereocenters. The van der Waals surface area contributed by atoms with E-state index in [4.69, 9.17) is 5.11 Å². The van der Waals surface area contributed by atoms with Crippen LogP contribution in [0.4, 0.5) is 0 Å². The molecule has 0 bridgehead atoms. The van der Waals surface area contributed by atoms with Crippen molar-refractivity contribution in [2.75, 3.05) is 6.61 Å². The Morgan fingerprint density at radius 2 is 1.73 bits per heavy atom. The van der Waals surface area contributed by atoms with Crippen LogP contribution in [0.25, 0.3) is 0 Å². The number of thiol groups is 2. The molecule has 0 spiro atoms. The van der Waals surface area contributed by atoms with Crippen molar-refractivity contribution in [2.45, 2.75) is 29.6 Å². The fourth-order valence-electron chi connectivity index (χ4n) is 0.766. The summed E-state index contributed by atoms with van der Waals surface area (Å²) in [5.74, 6) is 0. The third kappa shape index (κ3) is 2.83. The zero-order chi connectivity index (χ0) is 9.12. The van der Waals surface area contributed by atoms with Crippen LogP contribution in [0.5, 0.6) is 0 Å². The minimum atomic E-state index is -1.85. The monoisotopic (exact) mass is 198 g/mol. The molecule has 0 aromatic rings. The number of hydrogen-bond donors (Lipinski definition) is 5. The lowest BCUT2D eigenvalue weighted by Crippen LogP contribution is -2.49. The maximum absolute atomic E-state index is 9.50. The molecule has 0 rings (SSSR count). The summed E-state index contributed by atoms with van der Waals surface area (Å²) in [5, 5.41) is 27.4. The number of aliphatic hydroxyl groups is 3. The smallest absolute Gasteiger partial charge is 0.183 e. The third-order valence-electron chi connectivity index (χ3n) is 1.55. The fourth-order valence-corrected chi connectivity index (χ4v) is 1.13. The van der Waals surface area contributed by atoms with Gasteiger partial charge in [-0.3, -0.25) is 0 Å². The van der Waals surface area contributed by atoms with Gasteiger partial charge in [-0.15, -0.1) is 25.3 Å². The Morgan fingerprint density at radius 3 is 1.82 bits per heavy atom. The molecule has 11 heavy (non-hydrogen) atoms. The molecule has 0 aromatic carbocycles. The minimum Gasteiger partial charge on any atom is -0.393 e. The zero-order valence-corrected chi connectivity index (χ0v) is 8.15. The van der Waals surface area contributed by atoms with E-state index < -0.39 is 16.5 Å². The molecule has 0 radical (unpaired) electrons. The summed E-state index contributed by atoms with van der Waals surface area (Å²) in [4.78, 5) is 0. The largest absolute Gasteiger partial charge is 0.393 e. The van der Waals surface area contributed by atoms with E-state index in [2.05, 4.69) is 25.3 Å². The fraction of sp³-hybridized carbons (Fsp3) is 1.00. The number of aliphatic hydroxyl groups excluding tert-OH is 1. The van der Waals surface area contributed by atoms with Crippen molar-refractivity contribution in [2.24, 2.45) is 0 Å². The van der Waals surface area contributed by atoms with Gasteiger partial charge in [0, 0.05) is 0 Å². The molecule has 1 atom stereocenters. The van der Waals surface area contributed by atoms with Crippen LogP contribution in [-0.2, 0) is 0 Å². The second kappa shape index (κ2) is 4.00. The first-order chi connectivity index (χ1) is 4.87. The van der Waals surface area contributed by atoms with Gasteiger partial charge in [-0.2, -0.15) is 0 Å². The van der Waals surface area contributed by atoms with Gasteiger partial charge >= 0.3 is 0 Å². The van der Waals surface area contributed by atoms with E-state index in [9.17, 15) is 10.2 Å². The van der Waals surface area contributed by atoms with Crippen LogP contribution in [0.15, 0.2) is 0 Å². The van der Waals surface area contributed by atoms with Crippen LogP contribution in [-0.4, -0.2) is 31.8 Å². The Labute approximate surface area is 77.3 Å². The van der Waals surface area contributed by atoms with E-state index in [0.29, 0.717) is 6.42 Å². The normalized spacial score (nSPS) is 18.0. The van der Waals surface area contributed by atoms with E-state index in [1.165, 1.54) is 0 Å². The molecule has 5 heteroatoms. The second-order valence-corrected chi connectivity index (χ2v) is 4.22. The van der Waals surface area contributed by atoms with Crippen molar-refractivity contribution in [1.82, 2.24) is 0 Å². The highest BCUT2D eigenvalue weighted by atomic mass is 32.2. The van der Waals surface area contributed by atoms with Gasteiger partial charge in [-0.25, -0.2) is 0 Å². The molecule has 68 valence electrons. The molecule has 0 amide bonds. The molecule has 0 fully saturated rings. The lowest BCUT2D eigenvalue weighted by molar-refractivity contribution is -0.0878. The molecule has 0 aliphatic heterocycles. The highest BCUT2D eigenvalue weighted by Gasteiger charge is 2.42. The second-order valence-electron chi connectivity index (χ2n) is 2.58. The lowest BCUT2D eigenvalue weighted by atomic mass is 10.00. The summed E-state index contributed by atoms with van der Waals surface area (Å²) >= 11 is 7.32. The average molecular weight is 198 g/mol. The Kier molecular flexibility index (Phi) is 4.21. The Bertz CT molecular complexity index is 123. The zero-order valence-electron chi connectivity index (χ0n) is 6.36. The van der Waals surface area contributed by atoms with Gasteiger partial charge in [0.15, 0.2) is 4.27 Å². The van der Waals surface area contributed by atoms with Crippen LogP contribution in [0, 0.1) is 0 Å². The Morgan fingerprint density at radius 1 is 1.27 bits per heavy atom. The predicted octanol–water partition coefficient (Wildman–Crippen LogP) is 0.0156. The molecule has 0 aliphatic carbocycles. The summed E-state index contributed by atoms with van der Waals surface area (Å²) in [6.45, 7) is 1.28. The molecule has 0 aliphatic rings. The van der Waals surface area contributed by atoms with Gasteiger partial charge in [-0.1, -0.05) is 13.3 Å². The average Bonchev–Trinajstić information content (AvgIpc) is 1.86. The maximum Gasteiger partial charge on any atom is 0.183 e. The van der Waals surface area contributed by atoms with Gasteiger partial charge in [0.2, 0.25) is 0 Å². The summed E-state index contributed by atoms with van der Waals surface area (Å²) < 4.78 is -1.85. The summed E-state index contributed by atoms with van der Waals surface area (Å²) in [6, 6.07) is 0. The minimum absolute atomic E-state index is 0.257. The summed E-state index contributed by atoms with van der Waals surface area (Å²) in [5.41, 5.74) is -1.63. The van der Waals surface area contributed by atoms with E-state index in [1.54, 1.807) is 0 Å². The van der Waals surface area contributed by atoms with Crippen molar-refractivity contribution < 1.29 is 15.3 Å². The molecular weight excluding hydrogens is 184 g/mol. The molecule has 0 saturated heterocycles. The Balaban J connectivity index is 4.33. The van der Waals surface area contributed by atoms with Crippen molar-refractivity contribution in [3.05, 3.63) is 0 Å². The van der Waals surface area contributed by atoms with E-state index in [1.807, 2.05) is 6.92 Å². The number of hydrogen-bond acceptors (Lipinski definition) is 5. The first-order valence-electron chi connectivity index (χ1n) is 3.37. The van der Waals surface area contributed by atoms with Gasteiger partial charge in [0.05, 0.1) is 6.61 Å². The first kappa shape index (κ1) is 11.6. The van der Waals surface area contributed by atoms with Crippen LogP contribution < -0.4 is 0 Å². The third-order valence-corrected chi connectivity index (χ3v) is 2.38. The van der Waals surface area contributed by atoms with E-state index in [-0.39, 0.29) is 6.42 Å².